The molecular weight excluding hydrogens is 1620 g/mol. The Morgan fingerprint density at radius 2 is 0.680 bits per heavy atom. The summed E-state index contributed by atoms with van der Waals surface area (Å²) < 4.78 is 72.6. The van der Waals surface area contributed by atoms with E-state index in [2.05, 4.69) is 99.9 Å². The molecule has 0 aliphatic carbocycles. The number of likely N-dealkylation sites (N-methyl/N-ethyl adjacent to an activating group) is 1. The van der Waals surface area contributed by atoms with Crippen LogP contribution in [-0.4, -0.2) is 184 Å². The minimum atomic E-state index is -0.661. The molecule has 3 N–H and O–H groups in total. The molecule has 0 aliphatic rings. The van der Waals surface area contributed by atoms with Crippen LogP contribution in [0, 0.1) is 17.8 Å². The number of carbonyl (C=O) groups excluding carboxylic acids is 5. The summed E-state index contributed by atoms with van der Waals surface area (Å²) in [7, 11) is 10.4. The molecule has 0 saturated heterocycles. The lowest BCUT2D eigenvalue weighted by Gasteiger charge is -2.27. The highest BCUT2D eigenvalue weighted by Crippen LogP contribution is 2.41. The van der Waals surface area contributed by atoms with Gasteiger partial charge in [0.1, 0.15) is 41.7 Å². The van der Waals surface area contributed by atoms with Crippen LogP contribution in [0.3, 0.4) is 0 Å². The van der Waals surface area contributed by atoms with E-state index in [9.17, 15) is 37.1 Å². The summed E-state index contributed by atoms with van der Waals surface area (Å²) in [5, 5.41) is 20.8. The maximum atomic E-state index is 14.5. The van der Waals surface area contributed by atoms with E-state index in [1.54, 1.807) is 83.8 Å². The predicted octanol–water partition coefficient (Wildman–Crippen LogP) is 22.4. The topological polar surface area (TPSA) is 234 Å². The number of aromatic nitrogens is 6. The molecular formula is C104H120F3N11O10. The fourth-order valence-electron chi connectivity index (χ4n) is 14.6. The molecule has 5 amide bonds. The van der Waals surface area contributed by atoms with Crippen molar-refractivity contribution in [2.24, 2.45) is 0 Å². The Hall–Kier alpha value is -13.5. The number of nitrogens with one attached hydrogen (secondary N) is 3. The number of nitrogens with zero attached hydrogens (tertiary/aromatic N) is 8. The first-order chi connectivity index (χ1) is 61.4. The smallest absolute Gasteiger partial charge is 0.410 e. The number of benzene rings is 9. The van der Waals surface area contributed by atoms with Crippen molar-refractivity contribution >= 4 is 96.1 Å². The van der Waals surface area contributed by atoms with Crippen LogP contribution >= 0.6 is 0 Å². The van der Waals surface area contributed by atoms with Gasteiger partial charge in [0.15, 0.2) is 0 Å². The van der Waals surface area contributed by atoms with Gasteiger partial charge >= 0.3 is 12.2 Å². The van der Waals surface area contributed by atoms with E-state index in [4.69, 9.17) is 23.7 Å². The molecule has 9 aromatic carbocycles. The first-order valence-corrected chi connectivity index (χ1v) is 43.6. The lowest BCUT2D eigenvalue weighted by atomic mass is 9.88. The molecule has 0 aliphatic heterocycles. The average Bonchev–Trinajstić information content (AvgIpc) is 1.50. The highest BCUT2D eigenvalue weighted by Gasteiger charge is 2.26. The van der Waals surface area contributed by atoms with Gasteiger partial charge in [-0.15, -0.1) is 0 Å². The van der Waals surface area contributed by atoms with Gasteiger partial charge in [-0.05, 0) is 236 Å². The Bertz CT molecular complexity index is 5790. The number of fused-ring (bicyclic) bond motifs is 3. The van der Waals surface area contributed by atoms with Gasteiger partial charge < -0.3 is 48.2 Å². The Balaban J connectivity index is 0.000000201. The molecule has 0 fully saturated rings. The molecule has 0 saturated carbocycles. The molecule has 0 radical (unpaired) electrons. The molecule has 0 bridgehead atoms. The van der Waals surface area contributed by atoms with Crippen molar-refractivity contribution in [3.8, 4) is 17.2 Å². The molecule has 12 aromatic rings. The van der Waals surface area contributed by atoms with Gasteiger partial charge in [-0.3, -0.25) is 29.7 Å². The van der Waals surface area contributed by atoms with E-state index >= 15 is 0 Å². The van der Waals surface area contributed by atoms with Crippen molar-refractivity contribution < 1.29 is 60.8 Å². The number of hydrogen-bond donors (Lipinski definition) is 3. The molecule has 21 nitrogen and oxygen atoms in total. The van der Waals surface area contributed by atoms with Crippen molar-refractivity contribution in [2.45, 2.75) is 138 Å². The molecule has 0 spiro atoms. The first-order valence-electron chi connectivity index (χ1n) is 43.6. The van der Waals surface area contributed by atoms with Crippen LogP contribution in [0.4, 0.5) is 22.8 Å². The zero-order valence-electron chi connectivity index (χ0n) is 76.3. The number of halogens is 3. The standard InChI is InChI=1S/C36H43FN4O4.C36H41FN4O4.C32H36FN3O2/c2*1-7-29(25-12-9-8-10-13-25)33(27-17-20-31-30(24-27)34(37)39-38-31)26-15-18-28(19-16-26)44-23-22-41(35(43)45-36(2,3)4)21-11-14-32(42)40(5)6;1-4-27(23-12-8-7-9-13-23)31(25-17-20-29-28(22-25)32(33)35-34-29)24-15-18-26(19-16-24)38-21-11-6-5-10-14-30(37)36(2)3/h8-10,12-13,15-20,24H,7,11,14,21-23H2,1-6H3,(H,38,39);8-20,24H,7,21-23H2,1-6H3,(H,38,39);7-9,12-13,15-20,22H,4-6,10-11,14,21H2,1-3H3,(H,34,35)/b33-29+;14-11+,33-29+;31-27+. The zero-order valence-corrected chi connectivity index (χ0v) is 76.3. The van der Waals surface area contributed by atoms with Crippen LogP contribution < -0.4 is 14.2 Å². The van der Waals surface area contributed by atoms with Gasteiger partial charge in [0.05, 0.1) is 52.4 Å². The quantitative estimate of drug-likeness (QED) is 0.0191. The van der Waals surface area contributed by atoms with Crippen LogP contribution in [0.1, 0.15) is 177 Å². The fraction of sp³-hybridized carbons (Fsp3) is 0.327. The highest BCUT2D eigenvalue weighted by atomic mass is 19.1. The van der Waals surface area contributed by atoms with E-state index < -0.39 is 41.2 Å². The molecule has 24 heteroatoms. The average molecular weight is 1740 g/mol. The monoisotopic (exact) mass is 1740 g/mol. The summed E-state index contributed by atoms with van der Waals surface area (Å²) >= 11 is 0. The number of rotatable bonds is 35. The second kappa shape index (κ2) is 46.6. The number of allylic oxidation sites excluding steroid dienone is 3. The third-order valence-electron chi connectivity index (χ3n) is 21.1. The van der Waals surface area contributed by atoms with Gasteiger partial charge in [0, 0.05) is 74.3 Å². The molecule has 128 heavy (non-hydrogen) atoms. The van der Waals surface area contributed by atoms with Gasteiger partial charge in [-0.2, -0.15) is 28.5 Å². The third kappa shape index (κ3) is 27.7. The summed E-state index contributed by atoms with van der Waals surface area (Å²) in [6, 6.07) is 71.4. The van der Waals surface area contributed by atoms with Gasteiger partial charge in [0.25, 0.3) is 0 Å². The summed E-state index contributed by atoms with van der Waals surface area (Å²) in [6.45, 7) is 19.5. The van der Waals surface area contributed by atoms with Gasteiger partial charge in [-0.1, -0.05) is 185 Å². The maximum Gasteiger partial charge on any atom is 0.410 e. The maximum absolute atomic E-state index is 14.5. The molecule has 3 aromatic heterocycles. The lowest BCUT2D eigenvalue weighted by molar-refractivity contribution is -0.129. The highest BCUT2D eigenvalue weighted by molar-refractivity contribution is 6.03. The van der Waals surface area contributed by atoms with Crippen LogP contribution in [0.15, 0.2) is 231 Å². The SMILES string of the molecule is CC/C(=C(/c1ccc(OCCCCCCC(=O)N(C)C)cc1)c1ccc2n[nH]c(F)c2c1)c1ccccc1.CC/C(=C(/c1ccc(OCCN(C/C=C/C(=O)N(C)C)C(=O)OC(C)(C)C)cc1)c1ccc2n[nH]c(F)c2c1)c1ccccc1.CC/C(=C(/c1ccc(OCCN(CCCC(=O)N(C)C)C(=O)OC(C)(C)C)cc1)c1ccc2n[nH]c(F)c2c1)c1ccccc1. The summed E-state index contributed by atoms with van der Waals surface area (Å²) in [5.74, 6) is 0.786. The number of hydrogen-bond acceptors (Lipinski definition) is 13. The predicted molar refractivity (Wildman–Crippen MR) is 505 cm³/mol. The lowest BCUT2D eigenvalue weighted by Crippen LogP contribution is -2.40. The fourth-order valence-corrected chi connectivity index (χ4v) is 14.6. The number of ether oxygens (including phenoxy) is 5. The Morgan fingerprint density at radius 3 is 1.02 bits per heavy atom. The van der Waals surface area contributed by atoms with Crippen molar-refractivity contribution in [3.05, 3.63) is 298 Å². The van der Waals surface area contributed by atoms with Crippen LogP contribution in [0.2, 0.25) is 0 Å². The third-order valence-corrected chi connectivity index (χ3v) is 21.1. The van der Waals surface area contributed by atoms with Gasteiger partial charge in [-0.25, -0.2) is 9.59 Å². The largest absolute Gasteiger partial charge is 0.494 e. The number of H-pyrrole nitrogens is 3. The molecule has 0 unspecified atom stereocenters. The van der Waals surface area contributed by atoms with E-state index in [1.807, 2.05) is 191 Å². The van der Waals surface area contributed by atoms with Crippen LogP contribution in [0.25, 0.3) is 66.1 Å². The molecule has 672 valence electrons. The normalized spacial score (nSPS) is 12.1. The zero-order chi connectivity index (χ0) is 92.0. The summed E-state index contributed by atoms with van der Waals surface area (Å²) in [4.78, 5) is 69.1. The van der Waals surface area contributed by atoms with E-state index in [0.29, 0.717) is 83.2 Å². The number of aromatic amines is 3. The van der Waals surface area contributed by atoms with Crippen molar-refractivity contribution in [3.63, 3.8) is 0 Å². The first kappa shape index (κ1) is 96.7. The molecule has 0 atom stereocenters. The van der Waals surface area contributed by atoms with E-state index in [-0.39, 0.29) is 44.0 Å². The Labute approximate surface area is 749 Å². The second-order valence-electron chi connectivity index (χ2n) is 33.5. The Kier molecular flexibility index (Phi) is 35.2. The summed E-state index contributed by atoms with van der Waals surface area (Å²) in [5.41, 5.74) is 16.0. The molecule has 3 heterocycles. The van der Waals surface area contributed by atoms with Crippen LogP contribution in [-0.2, 0) is 23.9 Å². The summed E-state index contributed by atoms with van der Waals surface area (Å²) in [6.07, 6.45) is 9.89. The minimum Gasteiger partial charge on any atom is -0.494 e. The van der Waals surface area contributed by atoms with Crippen molar-refractivity contribution in [1.29, 1.82) is 0 Å². The van der Waals surface area contributed by atoms with Crippen molar-refractivity contribution in [2.75, 3.05) is 88.3 Å². The number of carbonyl (C=O) groups is 5. The number of unbranched alkanes of at least 4 members (excludes halogenated alkanes) is 3. The van der Waals surface area contributed by atoms with Crippen LogP contribution in [0.5, 0.6) is 17.2 Å². The Morgan fingerprint density at radius 1 is 0.359 bits per heavy atom. The van der Waals surface area contributed by atoms with Gasteiger partial charge in [0.2, 0.25) is 35.6 Å². The minimum absolute atomic E-state index is 0.0113. The van der Waals surface area contributed by atoms with Crippen molar-refractivity contribution in [1.82, 2.24) is 55.1 Å². The van der Waals surface area contributed by atoms with E-state index in [1.165, 1.54) is 21.4 Å². The second-order valence-corrected chi connectivity index (χ2v) is 33.5. The van der Waals surface area contributed by atoms with E-state index in [0.717, 1.165) is 129 Å². The number of amides is 5. The molecule has 12 rings (SSSR count).